The van der Waals surface area contributed by atoms with Crippen LogP contribution in [0.3, 0.4) is 0 Å². The summed E-state index contributed by atoms with van der Waals surface area (Å²) in [5.41, 5.74) is 7.66. The van der Waals surface area contributed by atoms with Crippen molar-refractivity contribution in [3.8, 4) is 0 Å². The SMILES string of the molecule is CC1CCN(Cc2cn(Cc3ccccc3Br)c(=O)nc2N)CC1. The summed E-state index contributed by atoms with van der Waals surface area (Å²) in [6.45, 7) is 5.68. The second kappa shape index (κ2) is 7.49. The Balaban J connectivity index is 1.81. The van der Waals surface area contributed by atoms with Gasteiger partial charge in [-0.15, -0.1) is 0 Å². The van der Waals surface area contributed by atoms with Crippen molar-refractivity contribution in [2.24, 2.45) is 5.92 Å². The average Bonchev–Trinajstić information content (AvgIpc) is 2.56. The monoisotopic (exact) mass is 390 g/mol. The van der Waals surface area contributed by atoms with E-state index in [1.165, 1.54) is 12.8 Å². The lowest BCUT2D eigenvalue weighted by molar-refractivity contribution is 0.185. The fourth-order valence-corrected chi connectivity index (χ4v) is 3.47. The second-order valence-corrected chi connectivity index (χ2v) is 7.47. The normalized spacial score (nSPS) is 16.4. The van der Waals surface area contributed by atoms with E-state index in [9.17, 15) is 4.79 Å². The largest absolute Gasteiger partial charge is 0.383 e. The molecule has 0 saturated carbocycles. The van der Waals surface area contributed by atoms with Gasteiger partial charge < -0.3 is 5.73 Å². The van der Waals surface area contributed by atoms with E-state index in [0.29, 0.717) is 12.4 Å². The van der Waals surface area contributed by atoms with Crippen LogP contribution in [0.5, 0.6) is 0 Å². The number of nitrogen functional groups attached to an aromatic ring is 1. The number of hydrogen-bond acceptors (Lipinski definition) is 4. The number of piperidine rings is 1. The van der Waals surface area contributed by atoms with Crippen molar-refractivity contribution in [1.82, 2.24) is 14.5 Å². The number of halogens is 1. The van der Waals surface area contributed by atoms with E-state index in [1.54, 1.807) is 4.57 Å². The van der Waals surface area contributed by atoms with Crippen molar-refractivity contribution in [1.29, 1.82) is 0 Å². The first kappa shape index (κ1) is 17.2. The summed E-state index contributed by atoms with van der Waals surface area (Å²) in [7, 11) is 0. The first-order chi connectivity index (χ1) is 11.5. The molecular weight excluding hydrogens is 368 g/mol. The van der Waals surface area contributed by atoms with E-state index in [0.717, 1.165) is 41.2 Å². The van der Waals surface area contributed by atoms with Gasteiger partial charge in [-0.1, -0.05) is 41.1 Å². The molecule has 1 aliphatic rings. The lowest BCUT2D eigenvalue weighted by Crippen LogP contribution is -2.34. The summed E-state index contributed by atoms with van der Waals surface area (Å²) in [4.78, 5) is 18.6. The van der Waals surface area contributed by atoms with Crippen LogP contribution >= 0.6 is 15.9 Å². The van der Waals surface area contributed by atoms with Crippen molar-refractivity contribution in [3.05, 3.63) is 56.5 Å². The van der Waals surface area contributed by atoms with Crippen molar-refractivity contribution in [3.63, 3.8) is 0 Å². The molecule has 1 fully saturated rings. The van der Waals surface area contributed by atoms with Gasteiger partial charge >= 0.3 is 5.69 Å². The molecule has 3 rings (SSSR count). The molecule has 0 amide bonds. The summed E-state index contributed by atoms with van der Waals surface area (Å²) in [6, 6.07) is 7.89. The fraction of sp³-hybridized carbons (Fsp3) is 0.444. The minimum atomic E-state index is -0.306. The Kier molecular flexibility index (Phi) is 5.36. The van der Waals surface area contributed by atoms with Gasteiger partial charge in [-0.2, -0.15) is 4.98 Å². The van der Waals surface area contributed by atoms with Crippen molar-refractivity contribution in [2.75, 3.05) is 18.8 Å². The Labute approximate surface area is 150 Å². The maximum absolute atomic E-state index is 12.2. The maximum atomic E-state index is 12.2. The van der Waals surface area contributed by atoms with Crippen LogP contribution in [0.4, 0.5) is 5.82 Å². The third-order valence-electron chi connectivity index (χ3n) is 4.67. The molecule has 2 heterocycles. The highest BCUT2D eigenvalue weighted by Crippen LogP contribution is 2.20. The Hall–Kier alpha value is -1.66. The minimum Gasteiger partial charge on any atom is -0.383 e. The maximum Gasteiger partial charge on any atom is 0.349 e. The van der Waals surface area contributed by atoms with E-state index in [2.05, 4.69) is 32.7 Å². The van der Waals surface area contributed by atoms with Crippen molar-refractivity contribution in [2.45, 2.75) is 32.9 Å². The number of nitrogens with zero attached hydrogens (tertiary/aromatic N) is 3. The predicted molar refractivity (Wildman–Crippen MR) is 99.8 cm³/mol. The zero-order valence-corrected chi connectivity index (χ0v) is 15.5. The molecule has 1 aromatic carbocycles. The molecule has 128 valence electrons. The lowest BCUT2D eigenvalue weighted by Gasteiger charge is -2.30. The molecule has 5 nitrogen and oxygen atoms in total. The number of nitrogens with two attached hydrogens (primary N) is 1. The molecule has 0 unspecified atom stereocenters. The minimum absolute atomic E-state index is 0.306. The van der Waals surface area contributed by atoms with Crippen molar-refractivity contribution >= 4 is 21.7 Å². The molecule has 0 atom stereocenters. The van der Waals surface area contributed by atoms with Crippen LogP contribution < -0.4 is 11.4 Å². The third-order valence-corrected chi connectivity index (χ3v) is 5.44. The zero-order valence-electron chi connectivity index (χ0n) is 13.9. The molecule has 1 saturated heterocycles. The molecule has 0 radical (unpaired) electrons. The Morgan fingerprint density at radius 1 is 1.21 bits per heavy atom. The third kappa shape index (κ3) is 4.05. The molecule has 2 N–H and O–H groups in total. The molecule has 0 spiro atoms. The van der Waals surface area contributed by atoms with Crippen LogP contribution in [0.2, 0.25) is 0 Å². The van der Waals surface area contributed by atoms with E-state index >= 15 is 0 Å². The Bertz CT molecular complexity index is 766. The molecule has 1 aromatic heterocycles. The standard InChI is InChI=1S/C18H23BrN4O/c1-13-6-8-22(9-7-13)10-15-12-23(18(24)21-17(15)20)11-14-4-2-3-5-16(14)19/h2-5,12-13H,6-11H2,1H3,(H2,20,21,24). The lowest BCUT2D eigenvalue weighted by atomic mass is 9.99. The zero-order chi connectivity index (χ0) is 17.1. The number of hydrogen-bond donors (Lipinski definition) is 1. The van der Waals surface area contributed by atoms with E-state index in [1.807, 2.05) is 30.5 Å². The molecule has 0 bridgehead atoms. The highest BCUT2D eigenvalue weighted by Gasteiger charge is 2.17. The molecule has 0 aliphatic carbocycles. The smallest absolute Gasteiger partial charge is 0.349 e. The van der Waals surface area contributed by atoms with Gasteiger partial charge in [-0.3, -0.25) is 9.47 Å². The molecular formula is C18H23BrN4O. The molecule has 1 aliphatic heterocycles. The number of aromatic nitrogens is 2. The summed E-state index contributed by atoms with van der Waals surface area (Å²) < 4.78 is 2.62. The van der Waals surface area contributed by atoms with Gasteiger partial charge in [0.15, 0.2) is 0 Å². The van der Waals surface area contributed by atoms with Gasteiger partial charge in [0.2, 0.25) is 0 Å². The average molecular weight is 391 g/mol. The Morgan fingerprint density at radius 3 is 2.62 bits per heavy atom. The summed E-state index contributed by atoms with van der Waals surface area (Å²) in [6.07, 6.45) is 4.29. The first-order valence-corrected chi connectivity index (χ1v) is 9.14. The quantitative estimate of drug-likeness (QED) is 0.871. The number of likely N-dealkylation sites (tertiary alicyclic amines) is 1. The summed E-state index contributed by atoms with van der Waals surface area (Å²) >= 11 is 3.53. The number of anilines is 1. The Morgan fingerprint density at radius 2 is 1.92 bits per heavy atom. The predicted octanol–water partition coefficient (Wildman–Crippen LogP) is 2.87. The van der Waals surface area contributed by atoms with Crippen LogP contribution in [-0.4, -0.2) is 27.5 Å². The van der Waals surface area contributed by atoms with Gasteiger partial charge in [0.25, 0.3) is 0 Å². The van der Waals surface area contributed by atoms with Gasteiger partial charge in [0.1, 0.15) is 5.82 Å². The summed E-state index contributed by atoms with van der Waals surface area (Å²) in [5, 5.41) is 0. The fourth-order valence-electron chi connectivity index (χ4n) is 3.05. The van der Waals surface area contributed by atoms with Gasteiger partial charge in [-0.05, 0) is 43.5 Å². The van der Waals surface area contributed by atoms with Crippen LogP contribution in [0.15, 0.2) is 39.7 Å². The number of rotatable bonds is 4. The highest BCUT2D eigenvalue weighted by molar-refractivity contribution is 9.10. The summed E-state index contributed by atoms with van der Waals surface area (Å²) in [5.74, 6) is 1.14. The van der Waals surface area contributed by atoms with Crippen LogP contribution in [0.25, 0.3) is 0 Å². The van der Waals surface area contributed by atoms with Gasteiger partial charge in [0, 0.05) is 22.8 Å². The highest BCUT2D eigenvalue weighted by atomic mass is 79.9. The molecule has 2 aromatic rings. The van der Waals surface area contributed by atoms with E-state index in [-0.39, 0.29) is 5.69 Å². The molecule has 6 heteroatoms. The van der Waals surface area contributed by atoms with Crippen molar-refractivity contribution < 1.29 is 0 Å². The van der Waals surface area contributed by atoms with E-state index in [4.69, 9.17) is 5.73 Å². The van der Waals surface area contributed by atoms with Crippen LogP contribution in [0, 0.1) is 5.92 Å². The van der Waals surface area contributed by atoms with Gasteiger partial charge in [0.05, 0.1) is 6.54 Å². The van der Waals surface area contributed by atoms with Gasteiger partial charge in [-0.25, -0.2) is 4.79 Å². The topological polar surface area (TPSA) is 64.2 Å². The van der Waals surface area contributed by atoms with E-state index < -0.39 is 0 Å². The first-order valence-electron chi connectivity index (χ1n) is 8.34. The van der Waals surface area contributed by atoms with Crippen LogP contribution in [0.1, 0.15) is 30.9 Å². The molecule has 24 heavy (non-hydrogen) atoms. The second-order valence-electron chi connectivity index (χ2n) is 6.61. The number of benzene rings is 1. The van der Waals surface area contributed by atoms with Crippen LogP contribution in [-0.2, 0) is 13.1 Å².